The predicted octanol–water partition coefficient (Wildman–Crippen LogP) is 3.68. The van der Waals surface area contributed by atoms with Crippen LogP contribution >= 0.6 is 0 Å². The molecule has 0 radical (unpaired) electrons. The maximum absolute atomic E-state index is 13.3. The Balaban J connectivity index is 1.63. The first-order valence-corrected chi connectivity index (χ1v) is 11.8. The molecule has 2 fully saturated rings. The summed E-state index contributed by atoms with van der Waals surface area (Å²) >= 11 is 0. The summed E-state index contributed by atoms with van der Waals surface area (Å²) in [5.41, 5.74) is 2.09. The third-order valence-corrected chi connectivity index (χ3v) is 7.70. The van der Waals surface area contributed by atoms with Crippen molar-refractivity contribution in [2.75, 3.05) is 26.8 Å². The number of alkyl halides is 2. The maximum atomic E-state index is 13.3. The number of ether oxygens (including phenoxy) is 2. The number of halogens is 2. The molecule has 0 bridgehead atoms. The molecule has 0 atom stereocenters. The van der Waals surface area contributed by atoms with E-state index in [0.29, 0.717) is 29.7 Å². The van der Waals surface area contributed by atoms with Crippen molar-refractivity contribution in [3.63, 3.8) is 0 Å². The monoisotopic (exact) mass is 463 g/mol. The first-order valence-electron chi connectivity index (χ1n) is 10.3. The van der Waals surface area contributed by atoms with Crippen LogP contribution in [0, 0.1) is 5.92 Å². The lowest BCUT2D eigenvalue weighted by molar-refractivity contribution is -0.0945. The third kappa shape index (κ3) is 3.61. The predicted molar refractivity (Wildman–Crippen MR) is 115 cm³/mol. The Hall–Kier alpha value is -2.72. The topological polar surface area (TPSA) is 73.7 Å². The fourth-order valence-corrected chi connectivity index (χ4v) is 5.49. The second kappa shape index (κ2) is 7.41. The van der Waals surface area contributed by atoms with Gasteiger partial charge < -0.3 is 14.0 Å². The van der Waals surface area contributed by atoms with Gasteiger partial charge in [0.05, 0.1) is 31.7 Å². The van der Waals surface area contributed by atoms with Gasteiger partial charge in [-0.2, -0.15) is 4.31 Å². The number of aryl methyl sites for hydroxylation is 1. The fraction of sp³-hybridized carbons (Fsp3) is 0.409. The Bertz CT molecular complexity index is 1290. The quantitative estimate of drug-likeness (QED) is 0.535. The number of sulfonamides is 1. The molecule has 0 unspecified atom stereocenters. The van der Waals surface area contributed by atoms with Crippen LogP contribution in [0.25, 0.3) is 22.0 Å². The first kappa shape index (κ1) is 21.1. The van der Waals surface area contributed by atoms with Gasteiger partial charge in [0.25, 0.3) is 5.92 Å². The van der Waals surface area contributed by atoms with E-state index in [-0.39, 0.29) is 4.90 Å². The molecule has 1 saturated heterocycles. The molecular formula is C22H23F2N3O4S. The highest BCUT2D eigenvalue weighted by Crippen LogP contribution is 2.41. The summed E-state index contributed by atoms with van der Waals surface area (Å²) in [4.78, 5) is 4.21. The van der Waals surface area contributed by atoms with Crippen molar-refractivity contribution in [3.8, 4) is 22.8 Å². The number of aromatic nitrogens is 2. The normalized spacial score (nSPS) is 18.5. The zero-order chi connectivity index (χ0) is 22.7. The molecule has 3 heterocycles. The van der Waals surface area contributed by atoms with Gasteiger partial charge in [-0.15, -0.1) is 0 Å². The molecule has 0 N–H and O–H groups in total. The van der Waals surface area contributed by atoms with E-state index in [2.05, 4.69) is 4.98 Å². The van der Waals surface area contributed by atoms with Crippen LogP contribution < -0.4 is 9.47 Å². The molecule has 1 saturated carbocycles. The first-order chi connectivity index (χ1) is 15.2. The zero-order valence-electron chi connectivity index (χ0n) is 17.7. The van der Waals surface area contributed by atoms with Crippen molar-refractivity contribution in [2.24, 2.45) is 13.0 Å². The molecular weight excluding hydrogens is 440 g/mol. The maximum Gasteiger partial charge on any atom is 0.275 e. The highest BCUT2D eigenvalue weighted by molar-refractivity contribution is 7.89. The largest absolute Gasteiger partial charge is 0.493 e. The van der Waals surface area contributed by atoms with Crippen molar-refractivity contribution in [1.29, 1.82) is 0 Å². The number of hydrogen-bond donors (Lipinski definition) is 0. The SMILES string of the molecule is COc1nccc2c(-c3cc(S(=O)(=O)N4CC(F)(F)C4)ccc3OCC3CC3)cn(C)c12. The summed E-state index contributed by atoms with van der Waals surface area (Å²) in [5.74, 6) is -1.48. The molecule has 10 heteroatoms. The Morgan fingerprint density at radius 2 is 1.94 bits per heavy atom. The van der Waals surface area contributed by atoms with E-state index in [0.717, 1.165) is 33.6 Å². The van der Waals surface area contributed by atoms with Crippen LogP contribution in [0.5, 0.6) is 11.6 Å². The molecule has 2 aromatic heterocycles. The van der Waals surface area contributed by atoms with Crippen LogP contribution in [0.3, 0.4) is 0 Å². The molecule has 0 spiro atoms. The summed E-state index contributed by atoms with van der Waals surface area (Å²) in [6, 6.07) is 6.37. The lowest BCUT2D eigenvalue weighted by Gasteiger charge is -2.37. The summed E-state index contributed by atoms with van der Waals surface area (Å²) in [6.07, 6.45) is 5.71. The van der Waals surface area contributed by atoms with E-state index < -0.39 is 29.0 Å². The third-order valence-electron chi connectivity index (χ3n) is 5.92. The number of nitrogens with zero attached hydrogens (tertiary/aromatic N) is 3. The molecule has 2 aliphatic rings. The van der Waals surface area contributed by atoms with Gasteiger partial charge in [-0.25, -0.2) is 22.2 Å². The van der Waals surface area contributed by atoms with E-state index in [9.17, 15) is 17.2 Å². The number of pyridine rings is 1. The van der Waals surface area contributed by atoms with E-state index in [1.54, 1.807) is 12.3 Å². The smallest absolute Gasteiger partial charge is 0.275 e. The van der Waals surface area contributed by atoms with Crippen LogP contribution in [0.2, 0.25) is 0 Å². The van der Waals surface area contributed by atoms with Crippen molar-refractivity contribution < 1.29 is 26.7 Å². The summed E-state index contributed by atoms with van der Waals surface area (Å²) in [6.45, 7) is -1.06. The highest BCUT2D eigenvalue weighted by atomic mass is 32.2. The molecule has 5 rings (SSSR count). The second-order valence-corrected chi connectivity index (χ2v) is 10.3. The Kier molecular flexibility index (Phi) is 4.90. The lowest BCUT2D eigenvalue weighted by Crippen LogP contribution is -2.58. The van der Waals surface area contributed by atoms with Gasteiger partial charge >= 0.3 is 0 Å². The standard InChI is InChI=1S/C22H23F2N3O4S/c1-26-10-18(16-7-8-25-21(30-2)20(16)26)17-9-15(5-6-19(17)31-11-14-3-4-14)32(28,29)27-12-22(23,24)13-27/h5-10,14H,3-4,11-13H2,1-2H3. The van der Waals surface area contributed by atoms with Crippen LogP contribution in [0.1, 0.15) is 12.8 Å². The number of benzene rings is 1. The molecule has 1 aliphatic carbocycles. The van der Waals surface area contributed by atoms with E-state index in [1.807, 2.05) is 23.9 Å². The van der Waals surface area contributed by atoms with Gasteiger partial charge in [0.15, 0.2) is 0 Å². The van der Waals surface area contributed by atoms with E-state index in [1.165, 1.54) is 19.2 Å². The van der Waals surface area contributed by atoms with E-state index in [4.69, 9.17) is 9.47 Å². The van der Waals surface area contributed by atoms with Gasteiger partial charge in [0.2, 0.25) is 15.9 Å². The fourth-order valence-electron chi connectivity index (χ4n) is 3.97. The summed E-state index contributed by atoms with van der Waals surface area (Å²) < 4.78 is 66.7. The Morgan fingerprint density at radius 1 is 1.19 bits per heavy atom. The summed E-state index contributed by atoms with van der Waals surface area (Å²) in [5, 5.41) is 0.820. The van der Waals surface area contributed by atoms with Gasteiger partial charge in [0, 0.05) is 36.0 Å². The average molecular weight is 464 g/mol. The molecule has 0 amide bonds. The van der Waals surface area contributed by atoms with Crippen molar-refractivity contribution in [2.45, 2.75) is 23.7 Å². The van der Waals surface area contributed by atoms with Gasteiger partial charge in [-0.1, -0.05) is 0 Å². The highest BCUT2D eigenvalue weighted by Gasteiger charge is 2.50. The molecule has 1 aliphatic heterocycles. The second-order valence-electron chi connectivity index (χ2n) is 8.41. The van der Waals surface area contributed by atoms with Gasteiger partial charge in [0.1, 0.15) is 11.3 Å². The molecule has 32 heavy (non-hydrogen) atoms. The lowest BCUT2D eigenvalue weighted by atomic mass is 10.0. The minimum absolute atomic E-state index is 0.0419. The summed E-state index contributed by atoms with van der Waals surface area (Å²) in [7, 11) is -0.658. The Labute approximate surface area is 184 Å². The van der Waals surface area contributed by atoms with Crippen molar-refractivity contribution in [1.82, 2.24) is 13.9 Å². The number of rotatable bonds is 7. The number of hydrogen-bond acceptors (Lipinski definition) is 5. The molecule has 1 aromatic carbocycles. The number of fused-ring (bicyclic) bond motifs is 1. The zero-order valence-corrected chi connectivity index (χ0v) is 18.5. The van der Waals surface area contributed by atoms with Crippen LogP contribution in [0.15, 0.2) is 41.6 Å². The molecule has 7 nitrogen and oxygen atoms in total. The minimum Gasteiger partial charge on any atom is -0.493 e. The minimum atomic E-state index is -4.04. The molecule has 3 aromatic rings. The van der Waals surface area contributed by atoms with Gasteiger partial charge in [-0.05, 0) is 43.0 Å². The van der Waals surface area contributed by atoms with Crippen LogP contribution in [0.4, 0.5) is 8.78 Å². The average Bonchev–Trinajstić information content (AvgIpc) is 3.52. The van der Waals surface area contributed by atoms with Crippen LogP contribution in [-0.4, -0.2) is 55.0 Å². The van der Waals surface area contributed by atoms with E-state index >= 15 is 0 Å². The Morgan fingerprint density at radius 3 is 2.59 bits per heavy atom. The van der Waals surface area contributed by atoms with Crippen LogP contribution in [-0.2, 0) is 17.1 Å². The molecule has 170 valence electrons. The number of methoxy groups -OCH3 is 1. The van der Waals surface area contributed by atoms with Gasteiger partial charge in [-0.3, -0.25) is 0 Å². The van der Waals surface area contributed by atoms with Crippen molar-refractivity contribution in [3.05, 3.63) is 36.7 Å². The van der Waals surface area contributed by atoms with Crippen molar-refractivity contribution >= 4 is 20.9 Å².